The summed E-state index contributed by atoms with van der Waals surface area (Å²) >= 11 is 0. The van der Waals surface area contributed by atoms with Crippen molar-refractivity contribution in [2.24, 2.45) is 5.92 Å². The zero-order valence-electron chi connectivity index (χ0n) is 10.1. The van der Waals surface area contributed by atoms with Crippen LogP contribution in [0.5, 0.6) is 5.75 Å². The van der Waals surface area contributed by atoms with Crippen molar-refractivity contribution in [3.8, 4) is 5.75 Å². The number of hydrogen-bond acceptors (Lipinski definition) is 3. The molecule has 1 fully saturated rings. The first-order chi connectivity index (χ1) is 7.69. The third-order valence-electron chi connectivity index (χ3n) is 3.25. The van der Waals surface area contributed by atoms with Gasteiger partial charge in [-0.25, -0.2) is 0 Å². The minimum Gasteiger partial charge on any atom is -0.497 e. The minimum atomic E-state index is 0.812. The lowest BCUT2D eigenvalue weighted by Crippen LogP contribution is -2.20. The molecular weight excluding hydrogens is 200 g/mol. The second-order valence-electron chi connectivity index (χ2n) is 4.69. The molecule has 1 atom stereocenters. The third-order valence-corrected chi connectivity index (χ3v) is 3.25. The van der Waals surface area contributed by atoms with Crippen molar-refractivity contribution < 1.29 is 4.74 Å². The van der Waals surface area contributed by atoms with Crippen molar-refractivity contribution in [2.75, 3.05) is 25.9 Å². The lowest BCUT2D eigenvalue weighted by Gasteiger charge is -2.17. The first-order valence-electron chi connectivity index (χ1n) is 5.84. The van der Waals surface area contributed by atoms with Gasteiger partial charge in [0, 0.05) is 18.8 Å². The number of likely N-dealkylation sites (tertiary alicyclic amines) is 1. The van der Waals surface area contributed by atoms with Gasteiger partial charge >= 0.3 is 0 Å². The van der Waals surface area contributed by atoms with Gasteiger partial charge in [0.15, 0.2) is 0 Å². The first-order valence-corrected chi connectivity index (χ1v) is 5.84. The average molecular weight is 220 g/mol. The first kappa shape index (κ1) is 11.3. The molecule has 1 aromatic rings. The number of methoxy groups -OCH3 is 1. The van der Waals surface area contributed by atoms with E-state index < -0.39 is 0 Å². The molecule has 1 heterocycles. The van der Waals surface area contributed by atoms with Gasteiger partial charge in [0.1, 0.15) is 5.75 Å². The standard InChI is InChI=1S/C13H20N2O/c1-10-5-6-15(8-10)9-11-7-12(16-2)3-4-13(11)14/h3-4,7,10H,5-6,8-9,14H2,1-2H3. The Hall–Kier alpha value is -1.22. The number of hydrogen-bond donors (Lipinski definition) is 1. The minimum absolute atomic E-state index is 0.812. The highest BCUT2D eigenvalue weighted by atomic mass is 16.5. The van der Waals surface area contributed by atoms with E-state index in [-0.39, 0.29) is 0 Å². The van der Waals surface area contributed by atoms with E-state index in [1.54, 1.807) is 7.11 Å². The number of rotatable bonds is 3. The van der Waals surface area contributed by atoms with Crippen LogP contribution in [0.3, 0.4) is 0 Å². The zero-order valence-corrected chi connectivity index (χ0v) is 10.1. The summed E-state index contributed by atoms with van der Waals surface area (Å²) in [5.74, 6) is 1.70. The molecule has 2 N–H and O–H groups in total. The van der Waals surface area contributed by atoms with Crippen LogP contribution < -0.4 is 10.5 Å². The summed E-state index contributed by atoms with van der Waals surface area (Å²) in [5, 5.41) is 0. The molecule has 3 heteroatoms. The number of nitrogen functional groups attached to an aromatic ring is 1. The predicted octanol–water partition coefficient (Wildman–Crippen LogP) is 2.12. The highest BCUT2D eigenvalue weighted by Crippen LogP contribution is 2.24. The van der Waals surface area contributed by atoms with Crippen molar-refractivity contribution in [3.63, 3.8) is 0 Å². The van der Waals surface area contributed by atoms with Crippen LogP contribution in [0.2, 0.25) is 0 Å². The molecule has 0 bridgehead atoms. The maximum absolute atomic E-state index is 5.97. The number of nitrogens with two attached hydrogens (primary N) is 1. The maximum atomic E-state index is 5.97. The Labute approximate surface area is 97.2 Å². The van der Waals surface area contributed by atoms with Crippen molar-refractivity contribution >= 4 is 5.69 Å². The topological polar surface area (TPSA) is 38.5 Å². The van der Waals surface area contributed by atoms with E-state index in [2.05, 4.69) is 11.8 Å². The third kappa shape index (κ3) is 2.47. The molecule has 2 rings (SSSR count). The number of benzene rings is 1. The average Bonchev–Trinajstić information content (AvgIpc) is 2.67. The zero-order chi connectivity index (χ0) is 11.5. The Bertz CT molecular complexity index is 365. The van der Waals surface area contributed by atoms with Gasteiger partial charge in [-0.2, -0.15) is 0 Å². The van der Waals surface area contributed by atoms with E-state index in [9.17, 15) is 0 Å². The SMILES string of the molecule is COc1ccc(N)c(CN2CCC(C)C2)c1. The molecule has 0 radical (unpaired) electrons. The predicted molar refractivity (Wildman–Crippen MR) is 66.5 cm³/mol. The molecular formula is C13H20N2O. The highest BCUT2D eigenvalue weighted by Gasteiger charge is 2.19. The van der Waals surface area contributed by atoms with Gasteiger partial charge in [-0.05, 0) is 42.6 Å². The Morgan fingerprint density at radius 1 is 1.50 bits per heavy atom. The van der Waals surface area contributed by atoms with Crippen molar-refractivity contribution in [2.45, 2.75) is 19.9 Å². The fraction of sp³-hybridized carbons (Fsp3) is 0.538. The van der Waals surface area contributed by atoms with Gasteiger partial charge in [0.05, 0.1) is 7.11 Å². The maximum Gasteiger partial charge on any atom is 0.119 e. The Kier molecular flexibility index (Phi) is 3.34. The molecule has 0 spiro atoms. The normalized spacial score (nSPS) is 21.2. The molecule has 0 saturated carbocycles. The van der Waals surface area contributed by atoms with Gasteiger partial charge in [0.2, 0.25) is 0 Å². The van der Waals surface area contributed by atoms with Crippen LogP contribution in [-0.2, 0) is 6.54 Å². The largest absolute Gasteiger partial charge is 0.497 e. The smallest absolute Gasteiger partial charge is 0.119 e. The lowest BCUT2D eigenvalue weighted by molar-refractivity contribution is 0.320. The molecule has 1 unspecified atom stereocenters. The van der Waals surface area contributed by atoms with Gasteiger partial charge in [-0.1, -0.05) is 6.92 Å². The van der Waals surface area contributed by atoms with Crippen molar-refractivity contribution in [1.29, 1.82) is 0 Å². The summed E-state index contributed by atoms with van der Waals surface area (Å²) < 4.78 is 5.22. The molecule has 3 nitrogen and oxygen atoms in total. The molecule has 0 aromatic heterocycles. The molecule has 1 aromatic carbocycles. The quantitative estimate of drug-likeness (QED) is 0.793. The van der Waals surface area contributed by atoms with Crippen LogP contribution in [0.4, 0.5) is 5.69 Å². The van der Waals surface area contributed by atoms with Gasteiger partial charge in [0.25, 0.3) is 0 Å². The summed E-state index contributed by atoms with van der Waals surface area (Å²) in [7, 11) is 1.69. The Morgan fingerprint density at radius 2 is 2.31 bits per heavy atom. The van der Waals surface area contributed by atoms with E-state index in [1.165, 1.54) is 25.1 Å². The van der Waals surface area contributed by atoms with Crippen molar-refractivity contribution in [1.82, 2.24) is 4.90 Å². The van der Waals surface area contributed by atoms with Crippen LogP contribution >= 0.6 is 0 Å². The molecule has 1 saturated heterocycles. The summed E-state index contributed by atoms with van der Waals surface area (Å²) in [6, 6.07) is 5.87. The van der Waals surface area contributed by atoms with Crippen LogP contribution in [-0.4, -0.2) is 25.1 Å². The van der Waals surface area contributed by atoms with Gasteiger partial charge < -0.3 is 10.5 Å². The van der Waals surface area contributed by atoms with Gasteiger partial charge in [-0.15, -0.1) is 0 Å². The van der Waals surface area contributed by atoms with Crippen molar-refractivity contribution in [3.05, 3.63) is 23.8 Å². The molecule has 16 heavy (non-hydrogen) atoms. The summed E-state index contributed by atoms with van der Waals surface area (Å²) in [5.41, 5.74) is 8.01. The summed E-state index contributed by atoms with van der Waals surface area (Å²) in [6.07, 6.45) is 1.30. The molecule has 0 amide bonds. The Balaban J connectivity index is 2.08. The van der Waals surface area contributed by atoms with E-state index in [4.69, 9.17) is 10.5 Å². The number of nitrogens with zero attached hydrogens (tertiary/aromatic N) is 1. The van der Waals surface area contributed by atoms with E-state index in [0.717, 1.165) is 23.9 Å². The molecule has 0 aliphatic carbocycles. The Morgan fingerprint density at radius 3 is 2.94 bits per heavy atom. The highest BCUT2D eigenvalue weighted by molar-refractivity contribution is 5.50. The monoisotopic (exact) mass is 220 g/mol. The molecule has 1 aliphatic heterocycles. The molecule has 1 aliphatic rings. The fourth-order valence-electron chi connectivity index (χ4n) is 2.26. The van der Waals surface area contributed by atoms with Crippen LogP contribution in [0.15, 0.2) is 18.2 Å². The van der Waals surface area contributed by atoms with Crippen LogP contribution in [0.1, 0.15) is 18.9 Å². The second kappa shape index (κ2) is 4.74. The van der Waals surface area contributed by atoms with E-state index >= 15 is 0 Å². The molecule has 88 valence electrons. The number of anilines is 1. The number of ether oxygens (including phenoxy) is 1. The van der Waals surface area contributed by atoms with E-state index in [1.807, 2.05) is 18.2 Å². The van der Waals surface area contributed by atoms with E-state index in [0.29, 0.717) is 0 Å². The van der Waals surface area contributed by atoms with Crippen LogP contribution in [0, 0.1) is 5.92 Å². The second-order valence-corrected chi connectivity index (χ2v) is 4.69. The van der Waals surface area contributed by atoms with Crippen LogP contribution in [0.25, 0.3) is 0 Å². The fourth-order valence-corrected chi connectivity index (χ4v) is 2.26. The van der Waals surface area contributed by atoms with Gasteiger partial charge in [-0.3, -0.25) is 4.90 Å². The summed E-state index contributed by atoms with van der Waals surface area (Å²) in [6.45, 7) is 5.59. The lowest BCUT2D eigenvalue weighted by atomic mass is 10.1. The summed E-state index contributed by atoms with van der Waals surface area (Å²) in [4.78, 5) is 2.45.